The van der Waals surface area contributed by atoms with Gasteiger partial charge in [-0.25, -0.2) is 9.97 Å². The van der Waals surface area contributed by atoms with Gasteiger partial charge in [-0.05, 0) is 23.3 Å². The quantitative estimate of drug-likeness (QED) is 0.711. The monoisotopic (exact) mass is 454 g/mol. The van der Waals surface area contributed by atoms with Crippen molar-refractivity contribution in [1.29, 1.82) is 0 Å². The van der Waals surface area contributed by atoms with Crippen LogP contribution >= 0.6 is 11.8 Å². The third kappa shape index (κ3) is 4.23. The molecule has 3 aliphatic rings. The number of anilines is 2. The van der Waals surface area contributed by atoms with Crippen molar-refractivity contribution in [2.45, 2.75) is 16.1 Å². The highest BCUT2D eigenvalue weighted by atomic mass is 32.2. The van der Waals surface area contributed by atoms with Crippen LogP contribution in [0.25, 0.3) is 6.08 Å². The predicted molar refractivity (Wildman–Crippen MR) is 123 cm³/mol. The lowest BCUT2D eigenvalue weighted by atomic mass is 9.91. The van der Waals surface area contributed by atoms with Crippen LogP contribution in [0.3, 0.4) is 0 Å². The number of nitrogens with one attached hydrogen (secondary N) is 1. The van der Waals surface area contributed by atoms with Crippen molar-refractivity contribution in [2.75, 3.05) is 37.9 Å². The van der Waals surface area contributed by atoms with Gasteiger partial charge >= 0.3 is 0 Å². The number of thioether (sulfide) groups is 1. The van der Waals surface area contributed by atoms with E-state index in [0.717, 1.165) is 26.7 Å². The summed E-state index contributed by atoms with van der Waals surface area (Å²) in [6.45, 7) is 2.45. The van der Waals surface area contributed by atoms with E-state index in [1.54, 1.807) is 24.2 Å². The van der Waals surface area contributed by atoms with Crippen LogP contribution in [0.4, 0.5) is 11.6 Å². The zero-order valence-electron chi connectivity index (χ0n) is 17.0. The summed E-state index contributed by atoms with van der Waals surface area (Å²) in [7, 11) is 0. The van der Waals surface area contributed by atoms with Crippen LogP contribution in [0.5, 0.6) is 0 Å². The number of fused-ring (bicyclic) bond motifs is 3. The molecule has 3 heterocycles. The summed E-state index contributed by atoms with van der Waals surface area (Å²) in [5.41, 5.74) is 2.67. The molecular weight excluding hydrogens is 432 g/mol. The highest BCUT2D eigenvalue weighted by Gasteiger charge is 2.36. The molecule has 2 aromatic rings. The van der Waals surface area contributed by atoms with E-state index in [2.05, 4.69) is 16.4 Å². The van der Waals surface area contributed by atoms with Gasteiger partial charge in [0.2, 0.25) is 5.95 Å². The number of benzene rings is 1. The minimum atomic E-state index is -1.06. The molecule has 1 saturated heterocycles. The van der Waals surface area contributed by atoms with Crippen LogP contribution in [-0.2, 0) is 20.7 Å². The van der Waals surface area contributed by atoms with E-state index in [4.69, 9.17) is 9.72 Å². The molecule has 1 aromatic heterocycles. The van der Waals surface area contributed by atoms with Gasteiger partial charge in [0.25, 0.3) is 5.91 Å². The van der Waals surface area contributed by atoms with E-state index in [0.29, 0.717) is 32.3 Å². The lowest BCUT2D eigenvalue weighted by Gasteiger charge is -2.27. The average Bonchev–Trinajstić information content (AvgIpc) is 3.24. The first kappa shape index (κ1) is 20.6. The van der Waals surface area contributed by atoms with Crippen molar-refractivity contribution in [3.05, 3.63) is 58.8 Å². The Bertz CT molecular complexity index is 1070. The van der Waals surface area contributed by atoms with Crippen LogP contribution in [0, 0.1) is 0 Å². The zero-order valence-corrected chi connectivity index (χ0v) is 18.6. The molecule has 5 rings (SSSR count). The van der Waals surface area contributed by atoms with Gasteiger partial charge in [0, 0.05) is 47.8 Å². The molecule has 1 amide bonds. The number of hydrogen-bond acceptors (Lipinski definition) is 7. The molecule has 0 spiro atoms. The van der Waals surface area contributed by atoms with Gasteiger partial charge in [0.15, 0.2) is 4.90 Å². The average molecular weight is 455 g/mol. The first-order valence-electron chi connectivity index (χ1n) is 10.1. The molecule has 2 unspecified atom stereocenters. The van der Waals surface area contributed by atoms with Gasteiger partial charge < -0.3 is 19.5 Å². The van der Waals surface area contributed by atoms with Crippen molar-refractivity contribution in [3.63, 3.8) is 0 Å². The number of aromatic nitrogens is 2. The molecule has 160 valence electrons. The second-order valence-electron chi connectivity index (χ2n) is 7.54. The predicted octanol–water partition coefficient (Wildman–Crippen LogP) is 2.93. The molecule has 1 aromatic carbocycles. The Morgan fingerprint density at radius 1 is 1.35 bits per heavy atom. The fraction of sp³-hybridized carbons (Fsp3) is 0.318. The Kier molecular flexibility index (Phi) is 5.75. The number of nitrogens with zero attached hydrogens (tertiary/aromatic N) is 3. The lowest BCUT2D eigenvalue weighted by Crippen LogP contribution is -2.40. The van der Waals surface area contributed by atoms with E-state index in [1.165, 1.54) is 0 Å². The fourth-order valence-corrected chi connectivity index (χ4v) is 5.72. The fourth-order valence-electron chi connectivity index (χ4n) is 3.89. The molecule has 2 aliphatic heterocycles. The van der Waals surface area contributed by atoms with Crippen molar-refractivity contribution >= 4 is 46.6 Å². The van der Waals surface area contributed by atoms with E-state index in [1.807, 2.05) is 41.3 Å². The first-order valence-corrected chi connectivity index (χ1v) is 12.5. The largest absolute Gasteiger partial charge is 0.612 e. The Labute approximate surface area is 188 Å². The molecule has 9 heteroatoms. The second-order valence-corrected chi connectivity index (χ2v) is 10.1. The maximum absolute atomic E-state index is 12.9. The summed E-state index contributed by atoms with van der Waals surface area (Å²) in [6, 6.07) is 7.42. The standard InChI is InChI=1S/C22H22N4O3S2/c1-31(28)16-4-2-3-15(11-16)24-22-23-13-14-5-6-18-17(20(14)25-22)12-19(30-18)21(27)26-7-9-29-10-8-26/h2-6,11-13,17-18H,7-10H2,1H3,(H,23,24,25)/t17?,18?,31-/m1/s1. The van der Waals surface area contributed by atoms with Crippen LogP contribution in [0.2, 0.25) is 0 Å². The van der Waals surface area contributed by atoms with Gasteiger partial charge in [-0.15, -0.1) is 11.8 Å². The van der Waals surface area contributed by atoms with Gasteiger partial charge in [0.1, 0.15) is 6.26 Å². The zero-order chi connectivity index (χ0) is 21.4. The van der Waals surface area contributed by atoms with Crippen molar-refractivity contribution < 1.29 is 14.1 Å². The number of carbonyl (C=O) groups excluding carboxylic acids is 1. The lowest BCUT2D eigenvalue weighted by molar-refractivity contribution is -0.130. The van der Waals surface area contributed by atoms with E-state index in [-0.39, 0.29) is 17.1 Å². The second kappa shape index (κ2) is 8.66. The Hall–Kier alpha value is -2.33. The summed E-state index contributed by atoms with van der Waals surface area (Å²) in [5.74, 6) is 0.593. The van der Waals surface area contributed by atoms with Crippen LogP contribution in [0.1, 0.15) is 17.2 Å². The van der Waals surface area contributed by atoms with E-state index in [9.17, 15) is 9.35 Å². The van der Waals surface area contributed by atoms with Crippen molar-refractivity contribution in [3.8, 4) is 0 Å². The molecule has 3 atom stereocenters. The highest BCUT2D eigenvalue weighted by molar-refractivity contribution is 8.05. The molecular formula is C22H22N4O3S2. The van der Waals surface area contributed by atoms with E-state index >= 15 is 0 Å². The number of carbonyl (C=O) groups is 1. The SMILES string of the molecule is C[S@@+]([O-])c1cccc(Nc2ncc3c(n2)C2C=C(C(=O)N4CCOCC4)SC2C=C3)c1. The molecule has 1 aliphatic carbocycles. The number of amides is 1. The number of allylic oxidation sites excluding steroid dienone is 1. The molecule has 0 saturated carbocycles. The first-order chi connectivity index (χ1) is 15.1. The van der Waals surface area contributed by atoms with Crippen LogP contribution in [-0.4, -0.2) is 63.1 Å². The van der Waals surface area contributed by atoms with E-state index < -0.39 is 11.2 Å². The molecule has 31 heavy (non-hydrogen) atoms. The van der Waals surface area contributed by atoms with Gasteiger partial charge in [-0.2, -0.15) is 0 Å². The van der Waals surface area contributed by atoms with Gasteiger partial charge in [0.05, 0.1) is 23.8 Å². The highest BCUT2D eigenvalue weighted by Crippen LogP contribution is 2.46. The smallest absolute Gasteiger partial charge is 0.260 e. The van der Waals surface area contributed by atoms with Gasteiger partial charge in [-0.3, -0.25) is 4.79 Å². The minimum absolute atomic E-state index is 0.0306. The molecule has 0 bridgehead atoms. The minimum Gasteiger partial charge on any atom is -0.612 e. The topological polar surface area (TPSA) is 90.4 Å². The maximum atomic E-state index is 12.9. The molecule has 1 N–H and O–H groups in total. The van der Waals surface area contributed by atoms with Crippen LogP contribution in [0.15, 0.2) is 52.4 Å². The summed E-state index contributed by atoms with van der Waals surface area (Å²) in [6.07, 6.45) is 9.67. The molecule has 7 nitrogen and oxygen atoms in total. The molecule has 1 fully saturated rings. The number of ether oxygens (including phenoxy) is 1. The van der Waals surface area contributed by atoms with Crippen LogP contribution < -0.4 is 5.32 Å². The summed E-state index contributed by atoms with van der Waals surface area (Å²) < 4.78 is 17.1. The number of rotatable bonds is 4. The number of hydrogen-bond donors (Lipinski definition) is 1. The normalized spacial score (nSPS) is 23.0. The number of morpholine rings is 1. The van der Waals surface area contributed by atoms with Gasteiger partial charge in [-0.1, -0.05) is 24.3 Å². The Morgan fingerprint density at radius 2 is 2.19 bits per heavy atom. The summed E-state index contributed by atoms with van der Waals surface area (Å²) in [4.78, 5) is 25.5. The third-order valence-corrected chi connectivity index (χ3v) is 7.71. The summed E-state index contributed by atoms with van der Waals surface area (Å²) >= 11 is 0.545. The van der Waals surface area contributed by atoms with Crippen molar-refractivity contribution in [2.24, 2.45) is 0 Å². The Morgan fingerprint density at radius 3 is 3.00 bits per heavy atom. The molecule has 0 radical (unpaired) electrons. The third-order valence-electron chi connectivity index (χ3n) is 5.51. The van der Waals surface area contributed by atoms with Crippen molar-refractivity contribution in [1.82, 2.24) is 14.9 Å². The Balaban J connectivity index is 1.39. The maximum Gasteiger partial charge on any atom is 0.260 e. The summed E-state index contributed by atoms with van der Waals surface area (Å²) in [5, 5.41) is 3.37.